The molecule has 13 heteroatoms. The topological polar surface area (TPSA) is 156 Å². The van der Waals surface area contributed by atoms with Crippen LogP contribution in [0.4, 0.5) is 16.4 Å². The number of hydrogen-bond acceptors (Lipinski definition) is 10. The van der Waals surface area contributed by atoms with Gasteiger partial charge in [-0.05, 0) is 102 Å². The summed E-state index contributed by atoms with van der Waals surface area (Å²) in [6.45, 7) is 16.7. The third-order valence-corrected chi connectivity index (χ3v) is 9.79. The maximum absolute atomic E-state index is 13.7. The molecular weight excluding hydrogens is 630 g/mol. The van der Waals surface area contributed by atoms with Crippen molar-refractivity contribution in [1.29, 1.82) is 0 Å². The van der Waals surface area contributed by atoms with E-state index >= 15 is 0 Å². The van der Waals surface area contributed by atoms with E-state index in [9.17, 15) is 18.0 Å². The molecule has 3 aromatic heterocycles. The molecule has 1 unspecified atom stereocenters. The summed E-state index contributed by atoms with van der Waals surface area (Å²) in [5.74, 6) is 0.298. The number of fused-ring (bicyclic) bond motifs is 6. The molecule has 1 fully saturated rings. The normalized spacial score (nSPS) is 20.8. The van der Waals surface area contributed by atoms with Crippen LogP contribution in [0.15, 0.2) is 53.7 Å². The molecule has 2 aliphatic rings. The van der Waals surface area contributed by atoms with E-state index in [1.54, 1.807) is 30.5 Å². The van der Waals surface area contributed by atoms with E-state index in [1.165, 1.54) is 6.07 Å². The van der Waals surface area contributed by atoms with Crippen molar-refractivity contribution in [3.63, 3.8) is 0 Å². The second kappa shape index (κ2) is 13.0. The Hall–Kier alpha value is -4.26. The lowest BCUT2D eigenvalue weighted by molar-refractivity contribution is 0.0523. The Bertz CT molecular complexity index is 1800. The van der Waals surface area contributed by atoms with Crippen LogP contribution in [0.1, 0.15) is 108 Å². The molecule has 1 saturated heterocycles. The minimum absolute atomic E-state index is 0.198. The zero-order valence-electron chi connectivity index (χ0n) is 29.0. The van der Waals surface area contributed by atoms with Crippen molar-refractivity contribution in [3.05, 3.63) is 71.2 Å². The van der Waals surface area contributed by atoms with E-state index in [0.29, 0.717) is 24.6 Å². The first-order valence-corrected chi connectivity index (χ1v) is 17.8. The summed E-state index contributed by atoms with van der Waals surface area (Å²) in [5, 5.41) is 5.91. The molecule has 12 nitrogen and oxygen atoms in total. The van der Waals surface area contributed by atoms with Crippen LogP contribution >= 0.6 is 0 Å². The molecular formula is C35H47N7O5S. The molecule has 0 aromatic carbocycles. The van der Waals surface area contributed by atoms with Crippen molar-refractivity contribution in [2.75, 3.05) is 16.8 Å². The number of aromatic nitrogens is 3. The van der Waals surface area contributed by atoms with Crippen LogP contribution in [-0.4, -0.2) is 53.1 Å². The van der Waals surface area contributed by atoms with Crippen molar-refractivity contribution in [1.82, 2.24) is 25.0 Å². The van der Waals surface area contributed by atoms with Crippen LogP contribution in [0.25, 0.3) is 0 Å². The highest BCUT2D eigenvalue weighted by atomic mass is 32.2. The number of hydrogen-bond donors (Lipinski definition) is 3. The number of ether oxygens (including phenoxy) is 1. The van der Waals surface area contributed by atoms with Crippen molar-refractivity contribution in [2.24, 2.45) is 5.92 Å². The van der Waals surface area contributed by atoms with Gasteiger partial charge in [0.25, 0.3) is 15.9 Å². The van der Waals surface area contributed by atoms with Crippen LogP contribution in [0, 0.1) is 5.92 Å². The molecule has 3 N–H and O–H groups in total. The molecule has 2 atom stereocenters. The number of carbonyl (C=O) groups is 2. The Balaban J connectivity index is 1.52. The molecule has 48 heavy (non-hydrogen) atoms. The van der Waals surface area contributed by atoms with E-state index in [0.717, 1.165) is 29.8 Å². The highest BCUT2D eigenvalue weighted by Crippen LogP contribution is 2.41. The number of amides is 2. The van der Waals surface area contributed by atoms with Crippen molar-refractivity contribution >= 4 is 33.7 Å². The van der Waals surface area contributed by atoms with Gasteiger partial charge in [0, 0.05) is 35.9 Å². The lowest BCUT2D eigenvalue weighted by Gasteiger charge is -2.34. The number of nitrogens with one attached hydrogen (secondary N) is 3. The summed E-state index contributed by atoms with van der Waals surface area (Å²) in [4.78, 5) is 42.2. The minimum Gasteiger partial charge on any atom is -0.444 e. The van der Waals surface area contributed by atoms with Crippen molar-refractivity contribution in [3.8, 4) is 0 Å². The van der Waals surface area contributed by atoms with E-state index in [1.807, 2.05) is 32.9 Å². The maximum atomic E-state index is 13.7. The Kier molecular flexibility index (Phi) is 9.48. The summed E-state index contributed by atoms with van der Waals surface area (Å²) in [5.41, 5.74) is 1.31. The first-order chi connectivity index (χ1) is 22.3. The average Bonchev–Trinajstić information content (AvgIpc) is 3.29. The van der Waals surface area contributed by atoms with Gasteiger partial charge in [0.05, 0.1) is 17.3 Å². The van der Waals surface area contributed by atoms with Gasteiger partial charge in [0.15, 0.2) is 5.03 Å². The summed E-state index contributed by atoms with van der Waals surface area (Å²) in [7, 11) is -4.33. The predicted octanol–water partition coefficient (Wildman–Crippen LogP) is 5.86. The number of alkyl carbamates (subject to hydrolysis) is 1. The Labute approximate surface area is 283 Å². The number of carbonyl (C=O) groups excluding carboxylic acids is 2. The van der Waals surface area contributed by atoms with Gasteiger partial charge in [-0.3, -0.25) is 9.78 Å². The Morgan fingerprint density at radius 2 is 1.81 bits per heavy atom. The fraction of sp³-hybridized carbons (Fsp3) is 0.514. The smallest absolute Gasteiger partial charge is 0.407 e. The summed E-state index contributed by atoms with van der Waals surface area (Å²) >= 11 is 0. The molecule has 4 bridgehead atoms. The van der Waals surface area contributed by atoms with Gasteiger partial charge in [-0.2, -0.15) is 8.42 Å². The van der Waals surface area contributed by atoms with Crippen LogP contribution < -0.4 is 20.3 Å². The molecule has 258 valence electrons. The highest BCUT2D eigenvalue weighted by molar-refractivity contribution is 7.90. The van der Waals surface area contributed by atoms with Crippen LogP contribution in [0.5, 0.6) is 0 Å². The molecule has 0 radical (unpaired) electrons. The maximum Gasteiger partial charge on any atom is 0.407 e. The molecule has 2 amide bonds. The van der Waals surface area contributed by atoms with E-state index in [4.69, 9.17) is 9.72 Å². The Morgan fingerprint density at radius 3 is 2.52 bits per heavy atom. The van der Waals surface area contributed by atoms with Gasteiger partial charge >= 0.3 is 6.09 Å². The summed E-state index contributed by atoms with van der Waals surface area (Å²) in [6, 6.07) is 11.5. The standard InChI is InChI=1S/C35H47N7O5S/c1-33(2,3)27-15-13-24-30(39-27)42-21-23(19-35(42,7)8)12-14-25(38-28-10-9-11-29(40-28)48(45,46)41-31(24)43)26-18-22(16-17-36-26)20-37-32(44)47-34(4,5)6/h9-11,13,15-18,23,25H,12,14,19-21H2,1-8H3,(H,37,44)(H,38,40)(H,41,43)/t23-,25?/m0/s1. The molecule has 0 saturated carbocycles. The van der Waals surface area contributed by atoms with E-state index in [2.05, 4.69) is 64.8 Å². The average molecular weight is 678 g/mol. The van der Waals surface area contributed by atoms with Gasteiger partial charge in [0.1, 0.15) is 17.2 Å². The lowest BCUT2D eigenvalue weighted by Crippen LogP contribution is -2.41. The highest BCUT2D eigenvalue weighted by Gasteiger charge is 2.41. The molecule has 3 aromatic rings. The largest absolute Gasteiger partial charge is 0.444 e. The zero-order chi connectivity index (χ0) is 35.1. The number of pyridine rings is 3. The van der Waals surface area contributed by atoms with Gasteiger partial charge < -0.3 is 20.3 Å². The predicted molar refractivity (Wildman–Crippen MR) is 184 cm³/mol. The van der Waals surface area contributed by atoms with E-state index < -0.39 is 27.6 Å². The first-order valence-electron chi connectivity index (χ1n) is 16.3. The first kappa shape index (κ1) is 35.1. The third-order valence-electron chi connectivity index (χ3n) is 8.55. The van der Waals surface area contributed by atoms with Gasteiger partial charge in [0.2, 0.25) is 0 Å². The van der Waals surface area contributed by atoms with Gasteiger partial charge in [-0.1, -0.05) is 26.8 Å². The fourth-order valence-corrected chi connectivity index (χ4v) is 7.17. The van der Waals surface area contributed by atoms with E-state index in [-0.39, 0.29) is 40.0 Å². The van der Waals surface area contributed by atoms with Crippen LogP contribution in [0.2, 0.25) is 0 Å². The lowest BCUT2D eigenvalue weighted by atomic mass is 9.90. The summed E-state index contributed by atoms with van der Waals surface area (Å²) < 4.78 is 34.7. The SMILES string of the molecule is CC(C)(C)OC(=O)NCc1ccnc(C2CC[C@@H]3CN(c4nc(C(C)(C)C)ccc4C(=O)NS(=O)(=O)c4cccc(n4)N2)C(C)(C)C3)c1. The van der Waals surface area contributed by atoms with Crippen molar-refractivity contribution in [2.45, 2.75) is 109 Å². The van der Waals surface area contributed by atoms with Gasteiger partial charge in [-0.15, -0.1) is 0 Å². The molecule has 2 aliphatic heterocycles. The Morgan fingerprint density at radius 1 is 1.06 bits per heavy atom. The fourth-order valence-electron chi connectivity index (χ4n) is 6.23. The zero-order valence-corrected chi connectivity index (χ0v) is 29.9. The van der Waals surface area contributed by atoms with Crippen LogP contribution in [0.3, 0.4) is 0 Å². The number of sulfonamides is 1. The minimum atomic E-state index is -4.33. The summed E-state index contributed by atoms with van der Waals surface area (Å²) in [6.07, 6.45) is 3.52. The monoisotopic (exact) mass is 677 g/mol. The number of anilines is 2. The third kappa shape index (κ3) is 8.23. The molecule has 5 rings (SSSR count). The second-order valence-electron chi connectivity index (χ2n) is 15.3. The number of nitrogens with zero attached hydrogens (tertiary/aromatic N) is 4. The molecule has 5 heterocycles. The quantitative estimate of drug-likeness (QED) is 0.307. The van der Waals surface area contributed by atoms with Gasteiger partial charge in [-0.25, -0.2) is 19.5 Å². The number of rotatable bonds is 3. The second-order valence-corrected chi connectivity index (χ2v) is 17.0. The van der Waals surface area contributed by atoms with Crippen molar-refractivity contribution < 1.29 is 22.7 Å². The molecule has 0 spiro atoms. The molecule has 0 aliphatic carbocycles. The van der Waals surface area contributed by atoms with Crippen LogP contribution in [-0.2, 0) is 26.7 Å².